The molecule has 0 atom stereocenters. The standard InChI is InChI=1S/C21H18BrN7O/c1-12-9-10-14-16(26-12)7-4-8-17(14)27-19-18(23)20(25-11-24-19)28-29-21(30)13-5-2-3-6-15(13)22/h2-11H,23H2,1H3,(H,29,30)(H2,24,25,27,28). The van der Waals surface area contributed by atoms with Crippen LogP contribution in [0.3, 0.4) is 0 Å². The Bertz CT molecular complexity index is 1250. The summed E-state index contributed by atoms with van der Waals surface area (Å²) in [4.78, 5) is 25.3. The average molecular weight is 464 g/mol. The highest BCUT2D eigenvalue weighted by Crippen LogP contribution is 2.29. The van der Waals surface area contributed by atoms with E-state index in [1.165, 1.54) is 6.33 Å². The number of anilines is 4. The van der Waals surface area contributed by atoms with Gasteiger partial charge in [-0.05, 0) is 59.3 Å². The lowest BCUT2D eigenvalue weighted by Crippen LogP contribution is -2.30. The second kappa shape index (κ2) is 8.34. The predicted molar refractivity (Wildman–Crippen MR) is 121 cm³/mol. The zero-order valence-electron chi connectivity index (χ0n) is 16.0. The summed E-state index contributed by atoms with van der Waals surface area (Å²) in [6.45, 7) is 1.95. The van der Waals surface area contributed by atoms with Gasteiger partial charge in [-0.3, -0.25) is 20.6 Å². The highest BCUT2D eigenvalue weighted by atomic mass is 79.9. The average Bonchev–Trinajstić information content (AvgIpc) is 2.74. The molecule has 0 fully saturated rings. The fourth-order valence-electron chi connectivity index (χ4n) is 2.92. The molecule has 4 rings (SSSR count). The second-order valence-corrected chi connectivity index (χ2v) is 7.35. The number of nitrogens with zero attached hydrogens (tertiary/aromatic N) is 3. The molecule has 0 spiro atoms. The van der Waals surface area contributed by atoms with E-state index in [2.05, 4.69) is 47.1 Å². The van der Waals surface area contributed by atoms with Gasteiger partial charge < -0.3 is 11.1 Å². The normalized spacial score (nSPS) is 10.6. The molecule has 9 heteroatoms. The summed E-state index contributed by atoms with van der Waals surface area (Å²) in [6, 6.07) is 16.8. The van der Waals surface area contributed by atoms with Crippen molar-refractivity contribution in [1.82, 2.24) is 20.4 Å². The summed E-state index contributed by atoms with van der Waals surface area (Å²) < 4.78 is 0.683. The Kier molecular flexibility index (Phi) is 5.44. The van der Waals surface area contributed by atoms with Gasteiger partial charge in [0.25, 0.3) is 5.91 Å². The summed E-state index contributed by atoms with van der Waals surface area (Å²) in [6.07, 6.45) is 1.36. The van der Waals surface area contributed by atoms with E-state index in [1.54, 1.807) is 18.2 Å². The Labute approximate surface area is 181 Å². The maximum Gasteiger partial charge on any atom is 0.270 e. The van der Waals surface area contributed by atoms with E-state index in [1.807, 2.05) is 43.3 Å². The monoisotopic (exact) mass is 463 g/mol. The number of nitrogens with one attached hydrogen (secondary N) is 3. The minimum Gasteiger partial charge on any atom is -0.393 e. The minimum absolute atomic E-state index is 0.266. The van der Waals surface area contributed by atoms with Crippen LogP contribution in [0.5, 0.6) is 0 Å². The van der Waals surface area contributed by atoms with Crippen molar-refractivity contribution in [1.29, 1.82) is 0 Å². The first-order valence-corrected chi connectivity index (χ1v) is 9.87. The molecule has 150 valence electrons. The fourth-order valence-corrected chi connectivity index (χ4v) is 3.38. The van der Waals surface area contributed by atoms with Crippen molar-refractivity contribution < 1.29 is 4.79 Å². The Hall–Kier alpha value is -3.72. The lowest BCUT2D eigenvalue weighted by atomic mass is 10.1. The molecule has 0 saturated carbocycles. The Balaban J connectivity index is 1.55. The predicted octanol–water partition coefficient (Wildman–Crippen LogP) is 4.18. The van der Waals surface area contributed by atoms with Gasteiger partial charge in [0, 0.05) is 21.2 Å². The van der Waals surface area contributed by atoms with E-state index in [4.69, 9.17) is 5.73 Å². The summed E-state index contributed by atoms with van der Waals surface area (Å²) in [7, 11) is 0. The molecule has 4 aromatic rings. The van der Waals surface area contributed by atoms with Crippen LogP contribution in [-0.2, 0) is 0 Å². The third-order valence-corrected chi connectivity index (χ3v) is 5.11. The number of amides is 1. The van der Waals surface area contributed by atoms with Crippen LogP contribution in [0, 0.1) is 6.92 Å². The number of nitrogen functional groups attached to an aromatic ring is 1. The molecule has 2 aromatic carbocycles. The van der Waals surface area contributed by atoms with Gasteiger partial charge in [-0.25, -0.2) is 9.97 Å². The highest BCUT2D eigenvalue weighted by Gasteiger charge is 2.13. The second-order valence-electron chi connectivity index (χ2n) is 6.49. The molecule has 8 nitrogen and oxygen atoms in total. The zero-order chi connectivity index (χ0) is 21.1. The van der Waals surface area contributed by atoms with Gasteiger partial charge in [0.15, 0.2) is 11.6 Å². The summed E-state index contributed by atoms with van der Waals surface area (Å²) in [5.41, 5.74) is 15.0. The van der Waals surface area contributed by atoms with E-state index in [0.717, 1.165) is 22.3 Å². The number of hydrazine groups is 1. The molecule has 30 heavy (non-hydrogen) atoms. The number of hydrogen-bond donors (Lipinski definition) is 4. The quantitative estimate of drug-likeness (QED) is 0.328. The van der Waals surface area contributed by atoms with Crippen molar-refractivity contribution in [2.24, 2.45) is 0 Å². The van der Waals surface area contributed by atoms with Gasteiger partial charge in [-0.1, -0.05) is 18.2 Å². The van der Waals surface area contributed by atoms with Crippen LogP contribution < -0.4 is 21.9 Å². The first kappa shape index (κ1) is 19.6. The molecule has 0 unspecified atom stereocenters. The van der Waals surface area contributed by atoms with Gasteiger partial charge in [-0.15, -0.1) is 0 Å². The number of benzene rings is 2. The molecular weight excluding hydrogens is 446 g/mol. The van der Waals surface area contributed by atoms with Crippen molar-refractivity contribution in [2.45, 2.75) is 6.92 Å². The number of fused-ring (bicyclic) bond motifs is 1. The SMILES string of the molecule is Cc1ccc2c(Nc3ncnc(NNC(=O)c4ccccc4Br)c3N)cccc2n1. The number of halogens is 1. The molecule has 0 aliphatic heterocycles. The Morgan fingerprint density at radius 2 is 1.80 bits per heavy atom. The largest absolute Gasteiger partial charge is 0.393 e. The molecule has 0 aliphatic carbocycles. The molecule has 0 bridgehead atoms. The van der Waals surface area contributed by atoms with Gasteiger partial charge in [-0.2, -0.15) is 0 Å². The molecule has 5 N–H and O–H groups in total. The van der Waals surface area contributed by atoms with Crippen molar-refractivity contribution in [3.8, 4) is 0 Å². The van der Waals surface area contributed by atoms with Crippen LogP contribution in [0.1, 0.15) is 16.1 Å². The van der Waals surface area contributed by atoms with E-state index in [0.29, 0.717) is 15.9 Å². The summed E-state index contributed by atoms with van der Waals surface area (Å²) >= 11 is 3.36. The van der Waals surface area contributed by atoms with Crippen LogP contribution in [0.25, 0.3) is 10.9 Å². The topological polar surface area (TPSA) is 118 Å². The van der Waals surface area contributed by atoms with E-state index in [-0.39, 0.29) is 17.4 Å². The van der Waals surface area contributed by atoms with E-state index >= 15 is 0 Å². The Morgan fingerprint density at radius 3 is 2.63 bits per heavy atom. The van der Waals surface area contributed by atoms with Crippen LogP contribution in [-0.4, -0.2) is 20.9 Å². The highest BCUT2D eigenvalue weighted by molar-refractivity contribution is 9.10. The van der Waals surface area contributed by atoms with Crippen LogP contribution in [0.4, 0.5) is 23.0 Å². The lowest BCUT2D eigenvalue weighted by Gasteiger charge is -2.14. The first-order valence-electron chi connectivity index (χ1n) is 9.07. The first-order chi connectivity index (χ1) is 14.5. The molecule has 1 amide bonds. The number of hydrogen-bond acceptors (Lipinski definition) is 7. The molecular formula is C21H18BrN7O. The van der Waals surface area contributed by atoms with Crippen molar-refractivity contribution in [3.63, 3.8) is 0 Å². The maximum absolute atomic E-state index is 12.4. The van der Waals surface area contributed by atoms with Gasteiger partial charge >= 0.3 is 0 Å². The zero-order valence-corrected chi connectivity index (χ0v) is 17.6. The van der Waals surface area contributed by atoms with Crippen molar-refractivity contribution >= 4 is 55.8 Å². The number of nitrogens with two attached hydrogens (primary N) is 1. The Morgan fingerprint density at radius 1 is 1.00 bits per heavy atom. The molecule has 2 aromatic heterocycles. The van der Waals surface area contributed by atoms with E-state index in [9.17, 15) is 4.79 Å². The van der Waals surface area contributed by atoms with Gasteiger partial charge in [0.05, 0.1) is 11.1 Å². The maximum atomic E-state index is 12.4. The number of carbonyl (C=O) groups is 1. The molecule has 0 aliphatic rings. The number of rotatable bonds is 5. The fraction of sp³-hybridized carbons (Fsp3) is 0.0476. The van der Waals surface area contributed by atoms with Crippen LogP contribution in [0.2, 0.25) is 0 Å². The van der Waals surface area contributed by atoms with Crippen molar-refractivity contribution in [2.75, 3.05) is 16.5 Å². The third kappa shape index (κ3) is 4.01. The third-order valence-electron chi connectivity index (χ3n) is 4.42. The molecule has 2 heterocycles. The number of pyridine rings is 1. The number of aromatic nitrogens is 3. The molecule has 0 radical (unpaired) electrons. The van der Waals surface area contributed by atoms with Crippen molar-refractivity contribution in [3.05, 3.63) is 76.7 Å². The van der Waals surface area contributed by atoms with Gasteiger partial charge in [0.2, 0.25) is 0 Å². The summed E-state index contributed by atoms with van der Waals surface area (Å²) in [5.74, 6) is 0.364. The lowest BCUT2D eigenvalue weighted by molar-refractivity contribution is 0.0961. The number of aryl methyl sites for hydroxylation is 1. The van der Waals surface area contributed by atoms with Crippen LogP contribution >= 0.6 is 15.9 Å². The summed E-state index contributed by atoms with van der Waals surface area (Å²) in [5, 5.41) is 4.17. The number of carbonyl (C=O) groups excluding carboxylic acids is 1. The van der Waals surface area contributed by atoms with Gasteiger partial charge in [0.1, 0.15) is 12.0 Å². The molecule has 0 saturated heterocycles. The van der Waals surface area contributed by atoms with E-state index < -0.39 is 0 Å². The minimum atomic E-state index is -0.328. The smallest absolute Gasteiger partial charge is 0.270 e. The van der Waals surface area contributed by atoms with Crippen LogP contribution in [0.15, 0.2) is 65.4 Å².